The van der Waals surface area contributed by atoms with E-state index in [4.69, 9.17) is 10.2 Å². The highest BCUT2D eigenvalue weighted by atomic mass is 35.5. The van der Waals surface area contributed by atoms with E-state index in [0.717, 1.165) is 37.8 Å². The molecule has 3 N–H and O–H groups in total. The molecular formula is C18H26ClN3O2. The number of rotatable bonds is 9. The molecule has 0 spiro atoms. The van der Waals surface area contributed by atoms with E-state index in [1.165, 1.54) is 0 Å². The Hall–Kier alpha value is -1.85. The predicted molar refractivity (Wildman–Crippen MR) is 97.9 cm³/mol. The normalized spacial score (nSPS) is 11.6. The Morgan fingerprint density at radius 1 is 1.21 bits per heavy atom. The molecule has 1 atom stereocenters. The van der Waals surface area contributed by atoms with Crippen LogP contribution in [0.4, 0.5) is 0 Å². The Kier molecular flexibility index (Phi) is 9.12. The highest BCUT2D eigenvalue weighted by Crippen LogP contribution is 2.22. The van der Waals surface area contributed by atoms with Crippen molar-refractivity contribution in [1.82, 2.24) is 10.3 Å². The summed E-state index contributed by atoms with van der Waals surface area (Å²) >= 11 is 0. The van der Waals surface area contributed by atoms with Gasteiger partial charge in [0, 0.05) is 12.0 Å². The van der Waals surface area contributed by atoms with Crippen LogP contribution in [0.15, 0.2) is 40.9 Å². The summed E-state index contributed by atoms with van der Waals surface area (Å²) in [7, 11) is 0. The van der Waals surface area contributed by atoms with Crippen molar-refractivity contribution in [2.24, 2.45) is 5.73 Å². The Morgan fingerprint density at radius 2 is 1.92 bits per heavy atom. The summed E-state index contributed by atoms with van der Waals surface area (Å²) in [4.78, 5) is 16.2. The van der Waals surface area contributed by atoms with Crippen molar-refractivity contribution in [3.8, 4) is 11.3 Å². The molecule has 1 unspecified atom stereocenters. The fraction of sp³-hybridized carbons (Fsp3) is 0.444. The first-order valence-corrected chi connectivity index (χ1v) is 8.21. The van der Waals surface area contributed by atoms with E-state index in [9.17, 15) is 4.79 Å². The van der Waals surface area contributed by atoms with Crippen LogP contribution < -0.4 is 11.1 Å². The second-order valence-electron chi connectivity index (χ2n) is 5.67. The molecule has 2 rings (SSSR count). The number of nitrogens with zero attached hydrogens (tertiary/aromatic N) is 1. The smallest absolute Gasteiger partial charge is 0.220 e. The van der Waals surface area contributed by atoms with Gasteiger partial charge < -0.3 is 15.5 Å². The molecule has 1 aromatic heterocycles. The van der Waals surface area contributed by atoms with Gasteiger partial charge in [0.1, 0.15) is 6.04 Å². The van der Waals surface area contributed by atoms with Gasteiger partial charge in [-0.15, -0.1) is 12.4 Å². The summed E-state index contributed by atoms with van der Waals surface area (Å²) in [6.07, 6.45) is 6.26. The molecule has 0 aliphatic carbocycles. The molecule has 1 heterocycles. The molecule has 0 saturated heterocycles. The van der Waals surface area contributed by atoms with Crippen LogP contribution in [-0.4, -0.2) is 17.4 Å². The number of benzene rings is 1. The molecule has 0 fully saturated rings. The fourth-order valence-electron chi connectivity index (χ4n) is 2.38. The minimum atomic E-state index is -0.232. The van der Waals surface area contributed by atoms with Gasteiger partial charge >= 0.3 is 0 Å². The van der Waals surface area contributed by atoms with E-state index in [0.29, 0.717) is 18.1 Å². The van der Waals surface area contributed by atoms with Crippen LogP contribution in [0.25, 0.3) is 11.3 Å². The molecule has 0 bridgehead atoms. The predicted octanol–water partition coefficient (Wildman–Crippen LogP) is 3.85. The lowest BCUT2D eigenvalue weighted by Gasteiger charge is -2.10. The zero-order chi connectivity index (χ0) is 16.5. The number of hydrogen-bond donors (Lipinski definition) is 2. The van der Waals surface area contributed by atoms with Gasteiger partial charge in [0.15, 0.2) is 5.76 Å². The van der Waals surface area contributed by atoms with Gasteiger partial charge in [-0.2, -0.15) is 0 Å². The molecule has 1 aromatic carbocycles. The zero-order valence-corrected chi connectivity index (χ0v) is 14.8. The Labute approximate surface area is 149 Å². The number of halogens is 1. The van der Waals surface area contributed by atoms with Crippen molar-refractivity contribution >= 4 is 18.3 Å². The topological polar surface area (TPSA) is 81.2 Å². The summed E-state index contributed by atoms with van der Waals surface area (Å²) in [6.45, 7) is 2.60. The third-order valence-corrected chi connectivity index (χ3v) is 3.69. The molecule has 5 nitrogen and oxygen atoms in total. The highest BCUT2D eigenvalue weighted by Gasteiger charge is 2.15. The first-order valence-electron chi connectivity index (χ1n) is 8.21. The van der Waals surface area contributed by atoms with Crippen LogP contribution in [0.3, 0.4) is 0 Å². The third kappa shape index (κ3) is 6.34. The molecule has 132 valence electrons. The fourth-order valence-corrected chi connectivity index (χ4v) is 2.38. The van der Waals surface area contributed by atoms with Gasteiger partial charge in [0.25, 0.3) is 0 Å². The van der Waals surface area contributed by atoms with E-state index >= 15 is 0 Å². The van der Waals surface area contributed by atoms with Crippen molar-refractivity contribution in [2.75, 3.05) is 6.54 Å². The summed E-state index contributed by atoms with van der Waals surface area (Å²) in [5.74, 6) is 1.27. The van der Waals surface area contributed by atoms with Crippen LogP contribution >= 0.6 is 12.4 Å². The van der Waals surface area contributed by atoms with Gasteiger partial charge in [-0.1, -0.05) is 43.2 Å². The summed E-state index contributed by atoms with van der Waals surface area (Å²) in [6, 6.07) is 9.56. The van der Waals surface area contributed by atoms with Crippen molar-refractivity contribution < 1.29 is 9.21 Å². The van der Waals surface area contributed by atoms with Crippen molar-refractivity contribution in [3.05, 3.63) is 42.4 Å². The maximum atomic E-state index is 11.9. The van der Waals surface area contributed by atoms with Crippen LogP contribution in [0, 0.1) is 0 Å². The lowest BCUT2D eigenvalue weighted by atomic mass is 10.1. The molecule has 24 heavy (non-hydrogen) atoms. The quantitative estimate of drug-likeness (QED) is 0.672. The molecule has 0 aliphatic rings. The number of carbonyl (C=O) groups is 1. The zero-order valence-electron chi connectivity index (χ0n) is 14.0. The molecule has 2 aromatic rings. The van der Waals surface area contributed by atoms with E-state index in [2.05, 4.69) is 10.3 Å². The van der Waals surface area contributed by atoms with E-state index in [-0.39, 0.29) is 24.4 Å². The molecule has 0 radical (unpaired) electrons. The summed E-state index contributed by atoms with van der Waals surface area (Å²) in [5, 5.41) is 2.93. The van der Waals surface area contributed by atoms with E-state index in [1.54, 1.807) is 6.20 Å². The van der Waals surface area contributed by atoms with Crippen molar-refractivity contribution in [1.29, 1.82) is 0 Å². The van der Waals surface area contributed by atoms with Crippen LogP contribution in [0.2, 0.25) is 0 Å². The number of amides is 1. The maximum Gasteiger partial charge on any atom is 0.220 e. The van der Waals surface area contributed by atoms with Crippen LogP contribution in [0.5, 0.6) is 0 Å². The van der Waals surface area contributed by atoms with Gasteiger partial charge in [0.2, 0.25) is 11.8 Å². The van der Waals surface area contributed by atoms with E-state index in [1.807, 2.05) is 37.3 Å². The second kappa shape index (κ2) is 10.8. The lowest BCUT2D eigenvalue weighted by Crippen LogP contribution is -2.26. The van der Waals surface area contributed by atoms with Gasteiger partial charge in [-0.3, -0.25) is 4.79 Å². The van der Waals surface area contributed by atoms with Crippen molar-refractivity contribution in [3.63, 3.8) is 0 Å². The standard InChI is InChI=1S/C18H25N3O2.ClH/c1-14(21-17(22)11-7-2-3-8-12-19)18-20-13-16(23-18)15-9-5-4-6-10-15;/h4-6,9-10,13-14H,2-3,7-8,11-12,19H2,1H3,(H,21,22);1H. The number of hydrogen-bond acceptors (Lipinski definition) is 4. The minimum Gasteiger partial charge on any atom is -0.438 e. The number of nitrogens with one attached hydrogen (secondary N) is 1. The number of carbonyl (C=O) groups excluding carboxylic acids is 1. The van der Waals surface area contributed by atoms with Crippen LogP contribution in [0.1, 0.15) is 51.0 Å². The monoisotopic (exact) mass is 351 g/mol. The average molecular weight is 352 g/mol. The molecule has 1 amide bonds. The first-order chi connectivity index (χ1) is 11.2. The molecule has 0 aliphatic heterocycles. The number of nitrogens with two attached hydrogens (primary N) is 1. The molecular weight excluding hydrogens is 326 g/mol. The van der Waals surface area contributed by atoms with Gasteiger partial charge in [0.05, 0.1) is 6.20 Å². The minimum absolute atomic E-state index is 0. The first kappa shape index (κ1) is 20.2. The number of oxazole rings is 1. The Balaban J connectivity index is 0.00000288. The SMILES string of the molecule is CC(NC(=O)CCCCCCN)c1ncc(-c2ccccc2)o1.Cl. The summed E-state index contributed by atoms with van der Waals surface area (Å²) in [5.41, 5.74) is 6.42. The Bertz CT molecular complexity index is 601. The number of unbranched alkanes of at least 4 members (excludes halogenated alkanes) is 3. The summed E-state index contributed by atoms with van der Waals surface area (Å²) < 4.78 is 5.75. The average Bonchev–Trinajstić information content (AvgIpc) is 3.05. The number of aromatic nitrogens is 1. The van der Waals surface area contributed by atoms with Gasteiger partial charge in [-0.25, -0.2) is 4.98 Å². The maximum absolute atomic E-state index is 11.9. The second-order valence-corrected chi connectivity index (χ2v) is 5.67. The van der Waals surface area contributed by atoms with Crippen molar-refractivity contribution in [2.45, 2.75) is 45.1 Å². The van der Waals surface area contributed by atoms with E-state index < -0.39 is 0 Å². The molecule has 6 heteroatoms. The Morgan fingerprint density at radius 3 is 2.62 bits per heavy atom. The molecule has 0 saturated carbocycles. The van der Waals surface area contributed by atoms with Gasteiger partial charge in [-0.05, 0) is 26.3 Å². The third-order valence-electron chi connectivity index (χ3n) is 3.69. The highest BCUT2D eigenvalue weighted by molar-refractivity contribution is 5.85. The largest absolute Gasteiger partial charge is 0.438 e. The lowest BCUT2D eigenvalue weighted by molar-refractivity contribution is -0.122. The van der Waals surface area contributed by atoms with Crippen LogP contribution in [-0.2, 0) is 4.79 Å².